The van der Waals surface area contributed by atoms with Gasteiger partial charge in [-0.1, -0.05) is 6.07 Å². The van der Waals surface area contributed by atoms with E-state index in [1.165, 1.54) is 0 Å². The van der Waals surface area contributed by atoms with Crippen LogP contribution in [-0.4, -0.2) is 31.5 Å². The van der Waals surface area contributed by atoms with E-state index in [-0.39, 0.29) is 18.4 Å². The second-order valence-electron chi connectivity index (χ2n) is 5.30. The van der Waals surface area contributed by atoms with E-state index >= 15 is 0 Å². The summed E-state index contributed by atoms with van der Waals surface area (Å²) in [5.74, 6) is 0.456. The molecule has 3 N–H and O–H groups in total. The van der Waals surface area contributed by atoms with E-state index in [0.717, 1.165) is 11.4 Å². The van der Waals surface area contributed by atoms with Crippen molar-refractivity contribution in [2.24, 2.45) is 0 Å². The van der Waals surface area contributed by atoms with Crippen molar-refractivity contribution in [2.75, 3.05) is 30.3 Å². The molecule has 0 atom stereocenters. The van der Waals surface area contributed by atoms with E-state index in [4.69, 9.17) is 4.74 Å². The fourth-order valence-electron chi connectivity index (χ4n) is 2.22. The van der Waals surface area contributed by atoms with Gasteiger partial charge in [-0.15, -0.1) is 0 Å². The van der Waals surface area contributed by atoms with Gasteiger partial charge in [-0.25, -0.2) is 0 Å². The minimum atomic E-state index is -0.174. The minimum absolute atomic E-state index is 0.128. The number of rotatable bonds is 8. The summed E-state index contributed by atoms with van der Waals surface area (Å²) in [6.45, 7) is 5.09. The Morgan fingerprint density at radius 2 is 1.76 bits per heavy atom. The van der Waals surface area contributed by atoms with E-state index in [1.807, 2.05) is 38.1 Å². The maximum Gasteiger partial charge on any atom is 0.251 e. The molecule has 6 heteroatoms. The molecule has 2 rings (SSSR count). The SMILES string of the molecule is CCNC(=O)c1ccc(NC(=O)CNc2cccc(OCC)c2)cc1. The predicted molar refractivity (Wildman–Crippen MR) is 99.2 cm³/mol. The van der Waals surface area contributed by atoms with Crippen LogP contribution in [0.4, 0.5) is 11.4 Å². The molecular weight excluding hydrogens is 318 g/mol. The Morgan fingerprint density at radius 1 is 1.00 bits per heavy atom. The highest BCUT2D eigenvalue weighted by Gasteiger charge is 2.06. The fourth-order valence-corrected chi connectivity index (χ4v) is 2.22. The summed E-state index contributed by atoms with van der Waals surface area (Å²) in [4.78, 5) is 23.7. The minimum Gasteiger partial charge on any atom is -0.494 e. The molecule has 0 fully saturated rings. The molecule has 6 nitrogen and oxygen atoms in total. The largest absolute Gasteiger partial charge is 0.494 e. The number of hydrogen-bond acceptors (Lipinski definition) is 4. The third-order valence-corrected chi connectivity index (χ3v) is 3.37. The summed E-state index contributed by atoms with van der Waals surface area (Å²) in [6, 6.07) is 14.2. The molecule has 0 bridgehead atoms. The van der Waals surface area contributed by atoms with Crippen molar-refractivity contribution in [1.29, 1.82) is 0 Å². The van der Waals surface area contributed by atoms with Gasteiger partial charge < -0.3 is 20.7 Å². The zero-order chi connectivity index (χ0) is 18.1. The second kappa shape index (κ2) is 9.32. The van der Waals surface area contributed by atoms with E-state index in [1.54, 1.807) is 24.3 Å². The molecule has 0 aliphatic rings. The highest BCUT2D eigenvalue weighted by atomic mass is 16.5. The summed E-state index contributed by atoms with van der Waals surface area (Å²) in [7, 11) is 0. The summed E-state index contributed by atoms with van der Waals surface area (Å²) in [5, 5.41) is 8.57. The molecule has 0 spiro atoms. The van der Waals surface area contributed by atoms with Crippen LogP contribution in [0.3, 0.4) is 0 Å². The fraction of sp³-hybridized carbons (Fsp3) is 0.263. The second-order valence-corrected chi connectivity index (χ2v) is 5.30. The number of carbonyl (C=O) groups excluding carboxylic acids is 2. The Labute approximate surface area is 147 Å². The van der Waals surface area contributed by atoms with Gasteiger partial charge in [0.05, 0.1) is 13.2 Å². The Balaban J connectivity index is 1.85. The van der Waals surface area contributed by atoms with Crippen LogP contribution in [0.2, 0.25) is 0 Å². The standard InChI is InChI=1S/C19H23N3O3/c1-3-20-19(24)14-8-10-15(11-9-14)22-18(23)13-21-16-6-5-7-17(12-16)25-4-2/h5-12,21H,3-4,13H2,1-2H3,(H,20,24)(H,22,23). The van der Waals surface area contributed by atoms with Gasteiger partial charge in [0.15, 0.2) is 0 Å². The highest BCUT2D eigenvalue weighted by Crippen LogP contribution is 2.17. The lowest BCUT2D eigenvalue weighted by Crippen LogP contribution is -2.23. The average molecular weight is 341 g/mol. The number of benzene rings is 2. The smallest absolute Gasteiger partial charge is 0.251 e. The van der Waals surface area contributed by atoms with Crippen LogP contribution in [0.25, 0.3) is 0 Å². The van der Waals surface area contributed by atoms with Gasteiger partial charge in [-0.3, -0.25) is 9.59 Å². The van der Waals surface area contributed by atoms with Crippen LogP contribution in [0, 0.1) is 0 Å². The van der Waals surface area contributed by atoms with Crippen molar-refractivity contribution < 1.29 is 14.3 Å². The first-order valence-corrected chi connectivity index (χ1v) is 8.27. The van der Waals surface area contributed by atoms with Gasteiger partial charge >= 0.3 is 0 Å². The van der Waals surface area contributed by atoms with Crippen LogP contribution in [-0.2, 0) is 4.79 Å². The zero-order valence-electron chi connectivity index (χ0n) is 14.5. The quantitative estimate of drug-likeness (QED) is 0.690. The van der Waals surface area contributed by atoms with Gasteiger partial charge in [0, 0.05) is 29.5 Å². The summed E-state index contributed by atoms with van der Waals surface area (Å²) in [5.41, 5.74) is 2.02. The molecule has 0 heterocycles. The Hall–Kier alpha value is -3.02. The van der Waals surface area contributed by atoms with Crippen molar-refractivity contribution in [3.05, 3.63) is 54.1 Å². The Bertz CT molecular complexity index is 714. The van der Waals surface area contributed by atoms with Gasteiger partial charge in [-0.2, -0.15) is 0 Å². The van der Waals surface area contributed by atoms with Crippen LogP contribution in [0.15, 0.2) is 48.5 Å². The molecule has 0 aromatic heterocycles. The Morgan fingerprint density at radius 3 is 2.44 bits per heavy atom. The molecule has 2 amide bonds. The maximum atomic E-state index is 12.0. The molecule has 0 aliphatic carbocycles. The first kappa shape index (κ1) is 18.3. The molecule has 25 heavy (non-hydrogen) atoms. The van der Waals surface area contributed by atoms with E-state index in [9.17, 15) is 9.59 Å². The van der Waals surface area contributed by atoms with Crippen molar-refractivity contribution in [2.45, 2.75) is 13.8 Å². The third kappa shape index (κ3) is 5.84. The first-order chi connectivity index (χ1) is 12.1. The highest BCUT2D eigenvalue weighted by molar-refractivity contribution is 5.96. The number of ether oxygens (including phenoxy) is 1. The molecule has 2 aromatic carbocycles. The monoisotopic (exact) mass is 341 g/mol. The third-order valence-electron chi connectivity index (χ3n) is 3.37. The molecule has 0 unspecified atom stereocenters. The maximum absolute atomic E-state index is 12.0. The van der Waals surface area contributed by atoms with E-state index in [0.29, 0.717) is 24.4 Å². The predicted octanol–water partition coefficient (Wildman–Crippen LogP) is 2.89. The van der Waals surface area contributed by atoms with Gasteiger partial charge in [0.25, 0.3) is 5.91 Å². The van der Waals surface area contributed by atoms with Gasteiger partial charge in [-0.05, 0) is 50.2 Å². The van der Waals surface area contributed by atoms with Crippen molar-refractivity contribution in [3.8, 4) is 5.75 Å². The lowest BCUT2D eigenvalue weighted by atomic mass is 10.2. The number of amides is 2. The van der Waals surface area contributed by atoms with E-state index < -0.39 is 0 Å². The molecule has 0 saturated carbocycles. The zero-order valence-corrected chi connectivity index (χ0v) is 14.5. The molecule has 132 valence electrons. The lowest BCUT2D eigenvalue weighted by molar-refractivity contribution is -0.114. The normalized spacial score (nSPS) is 10.0. The molecule has 0 radical (unpaired) electrons. The summed E-state index contributed by atoms with van der Waals surface area (Å²) >= 11 is 0. The van der Waals surface area contributed by atoms with Gasteiger partial charge in [0.1, 0.15) is 5.75 Å². The van der Waals surface area contributed by atoms with Crippen LogP contribution >= 0.6 is 0 Å². The molecule has 2 aromatic rings. The summed E-state index contributed by atoms with van der Waals surface area (Å²) in [6.07, 6.45) is 0. The average Bonchev–Trinajstić information content (AvgIpc) is 2.61. The molecular formula is C19H23N3O3. The number of hydrogen-bond donors (Lipinski definition) is 3. The number of anilines is 2. The number of carbonyl (C=O) groups is 2. The van der Waals surface area contributed by atoms with Gasteiger partial charge in [0.2, 0.25) is 5.91 Å². The molecule has 0 saturated heterocycles. The van der Waals surface area contributed by atoms with Crippen molar-refractivity contribution in [3.63, 3.8) is 0 Å². The first-order valence-electron chi connectivity index (χ1n) is 8.27. The molecule has 0 aliphatic heterocycles. The van der Waals surface area contributed by atoms with Crippen molar-refractivity contribution in [1.82, 2.24) is 5.32 Å². The topological polar surface area (TPSA) is 79.5 Å². The summed E-state index contributed by atoms with van der Waals surface area (Å²) < 4.78 is 5.42. The van der Waals surface area contributed by atoms with Crippen LogP contribution < -0.4 is 20.7 Å². The Kier molecular flexibility index (Phi) is 6.83. The van der Waals surface area contributed by atoms with Crippen LogP contribution in [0.1, 0.15) is 24.2 Å². The number of nitrogens with one attached hydrogen (secondary N) is 3. The van der Waals surface area contributed by atoms with Crippen molar-refractivity contribution >= 4 is 23.2 Å². The lowest BCUT2D eigenvalue weighted by Gasteiger charge is -2.10. The van der Waals surface area contributed by atoms with E-state index in [2.05, 4.69) is 16.0 Å². The van der Waals surface area contributed by atoms with Crippen LogP contribution in [0.5, 0.6) is 5.75 Å².